The fourth-order valence-electron chi connectivity index (χ4n) is 5.71. The second-order valence-electron chi connectivity index (χ2n) is 9.14. The van der Waals surface area contributed by atoms with Gasteiger partial charge in [0.05, 0.1) is 34.3 Å². The maximum absolute atomic E-state index is 13.1. The molecule has 0 saturated carbocycles. The number of benzene rings is 2. The van der Waals surface area contributed by atoms with Gasteiger partial charge in [0.1, 0.15) is 30.1 Å². The Balaban J connectivity index is 1.70. The third-order valence-corrected chi connectivity index (χ3v) is 7.27. The zero-order valence-electron chi connectivity index (χ0n) is 18.5. The summed E-state index contributed by atoms with van der Waals surface area (Å²) in [5.41, 5.74) is 2.45. The monoisotopic (exact) mass is 488 g/mol. The summed E-state index contributed by atoms with van der Waals surface area (Å²) in [4.78, 5) is 33.8. The van der Waals surface area contributed by atoms with Crippen molar-refractivity contribution in [3.63, 3.8) is 0 Å². The Morgan fingerprint density at radius 3 is 2.42 bits per heavy atom. The fourth-order valence-corrected chi connectivity index (χ4v) is 5.71. The first kappa shape index (κ1) is 21.4. The molecule has 0 bridgehead atoms. The predicted octanol–water partition coefficient (Wildman–Crippen LogP) is 0.680. The minimum absolute atomic E-state index is 0.201. The van der Waals surface area contributed by atoms with Gasteiger partial charge in [-0.05, 0) is 18.2 Å². The third kappa shape index (κ3) is 2.55. The molecule has 2 aromatic carbocycles. The summed E-state index contributed by atoms with van der Waals surface area (Å²) < 4.78 is 7.58. The van der Waals surface area contributed by atoms with Crippen molar-refractivity contribution in [3.8, 4) is 0 Å². The molecule has 0 radical (unpaired) electrons. The number of fused-ring (bicyclic) bond motifs is 10. The van der Waals surface area contributed by atoms with Crippen LogP contribution in [-0.4, -0.2) is 77.8 Å². The summed E-state index contributed by atoms with van der Waals surface area (Å²) in [6.07, 6.45) is -5.46. The lowest BCUT2D eigenvalue weighted by atomic mass is 9.96. The van der Waals surface area contributed by atoms with Crippen molar-refractivity contribution < 1.29 is 34.8 Å². The number of hydrogen-bond donors (Lipinski definition) is 6. The van der Waals surface area contributed by atoms with Gasteiger partial charge in [0.15, 0.2) is 6.23 Å². The molecule has 36 heavy (non-hydrogen) atoms. The number of nitrogens with one attached hydrogen (secondary N) is 2. The largest absolute Gasteiger partial charge is 0.394 e. The lowest BCUT2D eigenvalue weighted by Gasteiger charge is -2.41. The standard InChI is InChI=1S/C25H20N4O7/c30-8-12-19(31)20(32)21(33)25(36-12)29-11-6-2-1-4-9(11)14-16-15(23(34)28-24(16)35)13-10-5-3-7-26-22(10)27-17(13)18(14)29/h1-7,12,19-21,25,30-33H,8H2,(H,26,27)(H,28,34,35)/t12-,19-,20+,21-,25-/m1/s1. The highest BCUT2D eigenvalue weighted by Crippen LogP contribution is 2.45. The highest BCUT2D eigenvalue weighted by molar-refractivity contribution is 6.39. The van der Waals surface area contributed by atoms with Crippen LogP contribution >= 0.6 is 0 Å². The fraction of sp³-hybridized carbons (Fsp3) is 0.240. The summed E-state index contributed by atoms with van der Waals surface area (Å²) in [5.74, 6) is -1.06. The molecule has 5 aromatic rings. The zero-order chi connectivity index (χ0) is 24.9. The maximum atomic E-state index is 13.1. The smallest absolute Gasteiger partial charge is 0.259 e. The van der Waals surface area contributed by atoms with Crippen molar-refractivity contribution in [2.24, 2.45) is 0 Å². The minimum Gasteiger partial charge on any atom is -0.394 e. The summed E-state index contributed by atoms with van der Waals surface area (Å²) >= 11 is 0. The Kier molecular flexibility index (Phi) is 4.36. The van der Waals surface area contributed by atoms with Crippen LogP contribution in [0.5, 0.6) is 0 Å². The van der Waals surface area contributed by atoms with Gasteiger partial charge in [-0.3, -0.25) is 14.9 Å². The molecule has 11 nitrogen and oxygen atoms in total. The van der Waals surface area contributed by atoms with E-state index in [-0.39, 0.29) is 11.1 Å². The molecule has 182 valence electrons. The van der Waals surface area contributed by atoms with Crippen molar-refractivity contribution in [2.75, 3.05) is 6.61 Å². The number of pyridine rings is 1. The van der Waals surface area contributed by atoms with Gasteiger partial charge in [-0.15, -0.1) is 0 Å². The van der Waals surface area contributed by atoms with Gasteiger partial charge in [-0.1, -0.05) is 18.2 Å². The number of rotatable bonds is 2. The maximum Gasteiger partial charge on any atom is 0.259 e. The topological polar surface area (TPSA) is 170 Å². The number of carbonyl (C=O) groups is 2. The van der Waals surface area contributed by atoms with E-state index >= 15 is 0 Å². The number of aliphatic hydroxyl groups excluding tert-OH is 4. The number of ether oxygens (including phenoxy) is 1. The van der Waals surface area contributed by atoms with Crippen molar-refractivity contribution in [3.05, 3.63) is 53.7 Å². The van der Waals surface area contributed by atoms with Gasteiger partial charge < -0.3 is 34.7 Å². The first-order valence-electron chi connectivity index (χ1n) is 11.4. The molecule has 1 fully saturated rings. The molecule has 7 rings (SSSR count). The van der Waals surface area contributed by atoms with Crippen LogP contribution in [0.2, 0.25) is 0 Å². The Morgan fingerprint density at radius 2 is 1.64 bits per heavy atom. The number of hydrogen-bond acceptors (Lipinski definition) is 8. The van der Waals surface area contributed by atoms with Gasteiger partial charge in [0.2, 0.25) is 0 Å². The van der Waals surface area contributed by atoms with Crippen LogP contribution in [0.4, 0.5) is 0 Å². The quantitative estimate of drug-likeness (QED) is 0.197. The van der Waals surface area contributed by atoms with Gasteiger partial charge in [0.25, 0.3) is 11.8 Å². The Hall–Kier alpha value is -3.87. The SMILES string of the molecule is O=C1NC(=O)c2c1c1c3cccnc3[nH]c1c1c2c2ccccc2n1[C@@H]1O[C@H](CO)[C@@H](O)[C@H](O)[C@H]1O. The van der Waals surface area contributed by atoms with Crippen molar-refractivity contribution in [2.45, 2.75) is 30.6 Å². The van der Waals surface area contributed by atoms with E-state index in [2.05, 4.69) is 15.3 Å². The number of H-pyrrole nitrogens is 1. The van der Waals surface area contributed by atoms with Gasteiger partial charge in [0, 0.05) is 27.7 Å². The lowest BCUT2D eigenvalue weighted by molar-refractivity contribution is -0.249. The summed E-state index contributed by atoms with van der Waals surface area (Å²) in [5, 5.41) is 46.3. The average Bonchev–Trinajstić information content (AvgIpc) is 3.52. The van der Waals surface area contributed by atoms with Crippen LogP contribution in [0.25, 0.3) is 43.7 Å². The second-order valence-corrected chi connectivity index (χ2v) is 9.14. The van der Waals surface area contributed by atoms with Crippen LogP contribution in [-0.2, 0) is 4.74 Å². The molecule has 5 atom stereocenters. The third-order valence-electron chi connectivity index (χ3n) is 7.27. The van der Waals surface area contributed by atoms with E-state index in [1.807, 2.05) is 0 Å². The van der Waals surface area contributed by atoms with E-state index in [1.165, 1.54) is 0 Å². The Bertz CT molecular complexity index is 1750. The van der Waals surface area contributed by atoms with Crippen LogP contribution < -0.4 is 5.32 Å². The van der Waals surface area contributed by atoms with E-state index < -0.39 is 49.1 Å². The summed E-state index contributed by atoms with van der Waals surface area (Å²) in [6.45, 7) is -0.587. The molecular weight excluding hydrogens is 468 g/mol. The first-order chi connectivity index (χ1) is 17.4. The van der Waals surface area contributed by atoms with E-state index in [1.54, 1.807) is 47.2 Å². The van der Waals surface area contributed by atoms with Crippen molar-refractivity contribution in [1.82, 2.24) is 19.9 Å². The predicted molar refractivity (Wildman–Crippen MR) is 127 cm³/mol. The molecule has 3 aromatic heterocycles. The molecule has 1 saturated heterocycles. The van der Waals surface area contributed by atoms with Gasteiger partial charge in [-0.2, -0.15) is 0 Å². The zero-order valence-corrected chi connectivity index (χ0v) is 18.5. The molecule has 6 N–H and O–H groups in total. The normalized spacial score (nSPS) is 26.4. The Morgan fingerprint density at radius 1 is 0.917 bits per heavy atom. The van der Waals surface area contributed by atoms with Crippen molar-refractivity contribution >= 4 is 55.6 Å². The van der Waals surface area contributed by atoms with Crippen LogP contribution in [0.3, 0.4) is 0 Å². The number of carbonyl (C=O) groups excluding carboxylic acids is 2. The Labute approximate surface area is 201 Å². The molecule has 2 aliphatic rings. The summed E-state index contributed by atoms with van der Waals surface area (Å²) in [7, 11) is 0. The van der Waals surface area contributed by atoms with E-state index in [4.69, 9.17) is 4.74 Å². The molecule has 2 aliphatic heterocycles. The van der Waals surface area contributed by atoms with Gasteiger partial charge in [-0.25, -0.2) is 4.98 Å². The number of amides is 2. The van der Waals surface area contributed by atoms with Crippen molar-refractivity contribution in [1.29, 1.82) is 0 Å². The molecule has 11 heteroatoms. The molecular formula is C25H20N4O7. The van der Waals surface area contributed by atoms with Crippen LogP contribution in [0.15, 0.2) is 42.6 Å². The number of aromatic nitrogens is 3. The second kappa shape index (κ2) is 7.32. The van der Waals surface area contributed by atoms with Crippen LogP contribution in [0, 0.1) is 0 Å². The highest BCUT2D eigenvalue weighted by Gasteiger charge is 2.46. The molecule has 2 amide bonds. The van der Waals surface area contributed by atoms with E-state index in [0.717, 1.165) is 0 Å². The molecule has 5 heterocycles. The van der Waals surface area contributed by atoms with E-state index in [0.29, 0.717) is 43.7 Å². The minimum atomic E-state index is -1.60. The van der Waals surface area contributed by atoms with Crippen LogP contribution in [0.1, 0.15) is 26.9 Å². The van der Waals surface area contributed by atoms with Gasteiger partial charge >= 0.3 is 0 Å². The number of nitrogens with zero attached hydrogens (tertiary/aromatic N) is 2. The summed E-state index contributed by atoms with van der Waals surface area (Å²) in [6, 6.07) is 10.7. The molecule has 0 unspecified atom stereocenters. The average molecular weight is 488 g/mol. The number of aliphatic hydroxyl groups is 4. The first-order valence-corrected chi connectivity index (χ1v) is 11.4. The number of imide groups is 1. The number of para-hydroxylation sites is 1. The van der Waals surface area contributed by atoms with E-state index in [9.17, 15) is 30.0 Å². The lowest BCUT2D eigenvalue weighted by Crippen LogP contribution is -2.56. The molecule has 0 aliphatic carbocycles. The molecule has 0 spiro atoms. The highest BCUT2D eigenvalue weighted by atomic mass is 16.6. The number of aromatic amines is 1.